The van der Waals surface area contributed by atoms with Crippen molar-refractivity contribution in [2.75, 3.05) is 23.3 Å². The van der Waals surface area contributed by atoms with Crippen LogP contribution in [0.3, 0.4) is 0 Å². The van der Waals surface area contributed by atoms with Gasteiger partial charge < -0.3 is 10.2 Å². The highest BCUT2D eigenvalue weighted by Crippen LogP contribution is 2.21. The van der Waals surface area contributed by atoms with E-state index in [1.54, 1.807) is 6.20 Å². The van der Waals surface area contributed by atoms with Gasteiger partial charge in [-0.3, -0.25) is 0 Å². The van der Waals surface area contributed by atoms with Gasteiger partial charge in [0.2, 0.25) is 5.95 Å². The third-order valence-electron chi connectivity index (χ3n) is 4.64. The Hall–Kier alpha value is -1.39. The molecule has 2 fully saturated rings. The van der Waals surface area contributed by atoms with E-state index in [0.29, 0.717) is 6.04 Å². The quantitative estimate of drug-likeness (QED) is 0.864. The van der Waals surface area contributed by atoms with Gasteiger partial charge in [0, 0.05) is 19.1 Å². The van der Waals surface area contributed by atoms with Crippen LogP contribution in [0.2, 0.25) is 0 Å². The Morgan fingerprint density at radius 2 is 1.57 bits per heavy atom. The van der Waals surface area contributed by atoms with Crippen LogP contribution in [0.5, 0.6) is 0 Å². The molecule has 1 N–H and O–H groups in total. The van der Waals surface area contributed by atoms with E-state index in [2.05, 4.69) is 20.4 Å². The highest BCUT2D eigenvalue weighted by atomic mass is 15.3. The predicted octanol–water partition coefficient (Wildman–Crippen LogP) is 3.39. The first-order valence-corrected chi connectivity index (χ1v) is 8.63. The molecular formula is C16H27N5. The maximum Gasteiger partial charge on any atom is 0.247 e. The van der Waals surface area contributed by atoms with Crippen molar-refractivity contribution < 1.29 is 0 Å². The summed E-state index contributed by atoms with van der Waals surface area (Å²) in [7, 11) is 0. The van der Waals surface area contributed by atoms with E-state index in [9.17, 15) is 0 Å². The summed E-state index contributed by atoms with van der Waals surface area (Å²) in [6.07, 6.45) is 14.8. The number of hydrogen-bond donors (Lipinski definition) is 1. The second kappa shape index (κ2) is 7.57. The fourth-order valence-corrected chi connectivity index (χ4v) is 3.40. The first kappa shape index (κ1) is 14.5. The normalized spacial score (nSPS) is 21.6. The van der Waals surface area contributed by atoms with Gasteiger partial charge in [0.25, 0.3) is 0 Å². The Bertz CT molecular complexity index is 420. The topological polar surface area (TPSA) is 53.9 Å². The van der Waals surface area contributed by atoms with E-state index >= 15 is 0 Å². The third-order valence-corrected chi connectivity index (χ3v) is 4.64. The second-order valence-corrected chi connectivity index (χ2v) is 6.38. The molecule has 1 aliphatic carbocycles. The van der Waals surface area contributed by atoms with Crippen molar-refractivity contribution in [3.8, 4) is 0 Å². The van der Waals surface area contributed by atoms with Crippen LogP contribution in [0.15, 0.2) is 6.20 Å². The zero-order valence-electron chi connectivity index (χ0n) is 12.9. The molecule has 0 spiro atoms. The van der Waals surface area contributed by atoms with Crippen molar-refractivity contribution in [1.82, 2.24) is 15.2 Å². The zero-order chi connectivity index (χ0) is 14.3. The fraction of sp³-hybridized carbons (Fsp3) is 0.812. The summed E-state index contributed by atoms with van der Waals surface area (Å²) in [6.45, 7) is 2.13. The monoisotopic (exact) mass is 289 g/mol. The van der Waals surface area contributed by atoms with Gasteiger partial charge >= 0.3 is 0 Å². The van der Waals surface area contributed by atoms with Crippen molar-refractivity contribution >= 4 is 11.8 Å². The van der Waals surface area contributed by atoms with E-state index < -0.39 is 0 Å². The Morgan fingerprint density at radius 1 is 0.905 bits per heavy atom. The molecular weight excluding hydrogens is 262 g/mol. The molecule has 0 radical (unpaired) electrons. The van der Waals surface area contributed by atoms with E-state index in [1.165, 1.54) is 64.2 Å². The summed E-state index contributed by atoms with van der Waals surface area (Å²) < 4.78 is 0. The highest BCUT2D eigenvalue weighted by Gasteiger charge is 2.16. The first-order valence-electron chi connectivity index (χ1n) is 8.63. The molecule has 0 amide bonds. The lowest BCUT2D eigenvalue weighted by molar-refractivity contribution is 0.616. The third kappa shape index (κ3) is 4.29. The molecule has 0 atom stereocenters. The molecule has 1 saturated heterocycles. The molecule has 116 valence electrons. The SMILES string of the molecule is c1nnc(N2CCCCCC2)nc1NC1CCCCCC1. The number of rotatable bonds is 3. The van der Waals surface area contributed by atoms with Gasteiger partial charge in [0.15, 0.2) is 5.82 Å². The molecule has 0 bridgehead atoms. The summed E-state index contributed by atoms with van der Waals surface area (Å²) >= 11 is 0. The van der Waals surface area contributed by atoms with Crippen LogP contribution in [0.4, 0.5) is 11.8 Å². The van der Waals surface area contributed by atoms with Gasteiger partial charge in [-0.15, -0.1) is 5.10 Å². The molecule has 2 aliphatic rings. The standard InChI is InChI=1S/C16H27N5/c1-2-6-10-14(9-5-1)18-15-13-17-20-16(19-15)21-11-7-3-4-8-12-21/h13-14H,1-12H2,(H,18,19,20). The summed E-state index contributed by atoms with van der Waals surface area (Å²) in [5.41, 5.74) is 0. The minimum absolute atomic E-state index is 0.557. The smallest absolute Gasteiger partial charge is 0.247 e. The Labute approximate surface area is 127 Å². The Kier molecular flexibility index (Phi) is 5.24. The molecule has 3 rings (SSSR count). The molecule has 1 aromatic rings. The van der Waals surface area contributed by atoms with Crippen LogP contribution in [0.1, 0.15) is 64.2 Å². The number of nitrogens with one attached hydrogen (secondary N) is 1. The van der Waals surface area contributed by atoms with Crippen LogP contribution in [0.25, 0.3) is 0 Å². The van der Waals surface area contributed by atoms with Crippen LogP contribution < -0.4 is 10.2 Å². The van der Waals surface area contributed by atoms with Crippen LogP contribution >= 0.6 is 0 Å². The average molecular weight is 289 g/mol. The molecule has 5 heteroatoms. The van der Waals surface area contributed by atoms with Crippen LogP contribution in [-0.2, 0) is 0 Å². The Balaban J connectivity index is 1.64. The maximum atomic E-state index is 4.70. The van der Waals surface area contributed by atoms with Crippen molar-refractivity contribution in [1.29, 1.82) is 0 Å². The molecule has 21 heavy (non-hydrogen) atoms. The molecule has 1 saturated carbocycles. The van der Waals surface area contributed by atoms with E-state index in [4.69, 9.17) is 4.98 Å². The van der Waals surface area contributed by atoms with Gasteiger partial charge in [-0.1, -0.05) is 38.5 Å². The molecule has 5 nitrogen and oxygen atoms in total. The van der Waals surface area contributed by atoms with Crippen molar-refractivity contribution in [3.05, 3.63) is 6.20 Å². The molecule has 1 aliphatic heterocycles. The molecule has 0 aromatic carbocycles. The minimum Gasteiger partial charge on any atom is -0.366 e. The lowest BCUT2D eigenvalue weighted by atomic mass is 10.1. The van der Waals surface area contributed by atoms with Crippen molar-refractivity contribution in [2.45, 2.75) is 70.3 Å². The van der Waals surface area contributed by atoms with E-state index in [0.717, 1.165) is 24.9 Å². The number of anilines is 2. The lowest BCUT2D eigenvalue weighted by Crippen LogP contribution is -2.27. The zero-order valence-corrected chi connectivity index (χ0v) is 12.9. The predicted molar refractivity (Wildman–Crippen MR) is 85.6 cm³/mol. The van der Waals surface area contributed by atoms with Crippen molar-refractivity contribution in [3.63, 3.8) is 0 Å². The van der Waals surface area contributed by atoms with Crippen LogP contribution in [-0.4, -0.2) is 34.3 Å². The second-order valence-electron chi connectivity index (χ2n) is 6.38. The summed E-state index contributed by atoms with van der Waals surface area (Å²) in [5.74, 6) is 1.70. The van der Waals surface area contributed by atoms with Gasteiger partial charge in [0.05, 0.1) is 6.20 Å². The Morgan fingerprint density at radius 3 is 2.29 bits per heavy atom. The maximum absolute atomic E-state index is 4.70. The summed E-state index contributed by atoms with van der Waals surface area (Å²) in [5, 5.41) is 12.0. The van der Waals surface area contributed by atoms with Gasteiger partial charge in [-0.2, -0.15) is 10.1 Å². The molecule has 0 unspecified atom stereocenters. The molecule has 2 heterocycles. The van der Waals surface area contributed by atoms with E-state index in [1.807, 2.05) is 0 Å². The highest BCUT2D eigenvalue weighted by molar-refractivity contribution is 5.39. The summed E-state index contributed by atoms with van der Waals surface area (Å²) in [4.78, 5) is 6.99. The first-order chi connectivity index (χ1) is 10.4. The van der Waals surface area contributed by atoms with E-state index in [-0.39, 0.29) is 0 Å². The largest absolute Gasteiger partial charge is 0.366 e. The summed E-state index contributed by atoms with van der Waals surface area (Å²) in [6, 6.07) is 0.557. The van der Waals surface area contributed by atoms with Gasteiger partial charge in [-0.25, -0.2) is 0 Å². The lowest BCUT2D eigenvalue weighted by Gasteiger charge is -2.21. The van der Waals surface area contributed by atoms with Gasteiger partial charge in [0.1, 0.15) is 0 Å². The average Bonchev–Trinajstić information content (AvgIpc) is 2.92. The van der Waals surface area contributed by atoms with Crippen molar-refractivity contribution in [2.24, 2.45) is 0 Å². The van der Waals surface area contributed by atoms with Gasteiger partial charge in [-0.05, 0) is 25.7 Å². The molecule has 1 aromatic heterocycles. The van der Waals surface area contributed by atoms with Crippen LogP contribution in [0, 0.1) is 0 Å². The number of aromatic nitrogens is 3. The fourth-order valence-electron chi connectivity index (χ4n) is 3.40. The number of nitrogens with zero attached hydrogens (tertiary/aromatic N) is 4. The minimum atomic E-state index is 0.557. The number of hydrogen-bond acceptors (Lipinski definition) is 5.